The Morgan fingerprint density at radius 1 is 1.10 bits per heavy atom. The molecule has 2 heterocycles. The first kappa shape index (κ1) is 12.6. The molecule has 0 amide bonds. The normalized spacial score (nSPS) is 10.7. The van der Waals surface area contributed by atoms with Crippen molar-refractivity contribution >= 4 is 17.4 Å². The van der Waals surface area contributed by atoms with E-state index >= 15 is 0 Å². The van der Waals surface area contributed by atoms with Crippen LogP contribution in [0.4, 0.5) is 10.2 Å². The molecule has 0 unspecified atom stereocenters. The van der Waals surface area contributed by atoms with Gasteiger partial charge in [0.1, 0.15) is 5.82 Å². The zero-order valence-corrected chi connectivity index (χ0v) is 11.0. The minimum Gasteiger partial charge on any atom is -0.382 e. The summed E-state index contributed by atoms with van der Waals surface area (Å²) < 4.78 is 12.9. The van der Waals surface area contributed by atoms with Crippen LogP contribution in [0.5, 0.6) is 0 Å². The molecular weight excluding hydrogens is 279 g/mol. The number of pyridine rings is 1. The average molecular weight is 289 g/mol. The van der Waals surface area contributed by atoms with Gasteiger partial charge in [-0.3, -0.25) is 10.1 Å². The van der Waals surface area contributed by atoms with Crippen LogP contribution in [0, 0.1) is 5.82 Å². The highest BCUT2D eigenvalue weighted by Crippen LogP contribution is 2.34. The van der Waals surface area contributed by atoms with E-state index in [0.717, 1.165) is 17.3 Å². The number of H-pyrrole nitrogens is 1. The van der Waals surface area contributed by atoms with Gasteiger partial charge in [-0.2, -0.15) is 5.10 Å². The van der Waals surface area contributed by atoms with Crippen molar-refractivity contribution in [2.24, 2.45) is 0 Å². The van der Waals surface area contributed by atoms with Crippen LogP contribution in [-0.4, -0.2) is 15.2 Å². The van der Waals surface area contributed by atoms with Crippen LogP contribution in [0.1, 0.15) is 0 Å². The van der Waals surface area contributed by atoms with Gasteiger partial charge >= 0.3 is 0 Å². The molecule has 3 rings (SSSR count). The van der Waals surface area contributed by atoms with Crippen LogP contribution in [0.2, 0.25) is 5.02 Å². The number of anilines is 1. The van der Waals surface area contributed by atoms with Gasteiger partial charge in [-0.05, 0) is 29.8 Å². The lowest BCUT2D eigenvalue weighted by Crippen LogP contribution is -1.90. The highest BCUT2D eigenvalue weighted by molar-refractivity contribution is 6.30. The lowest BCUT2D eigenvalue weighted by Gasteiger charge is -2.04. The third kappa shape index (κ3) is 2.23. The number of halogens is 2. The fraction of sp³-hybridized carbons (Fsp3) is 0. The maximum Gasteiger partial charge on any atom is 0.153 e. The number of rotatable bonds is 2. The van der Waals surface area contributed by atoms with Crippen molar-refractivity contribution in [1.82, 2.24) is 15.2 Å². The zero-order chi connectivity index (χ0) is 14.1. The van der Waals surface area contributed by atoms with Crippen LogP contribution in [0.25, 0.3) is 22.5 Å². The molecule has 0 aliphatic carbocycles. The summed E-state index contributed by atoms with van der Waals surface area (Å²) in [6.07, 6.45) is 1.15. The Balaban J connectivity index is 2.14. The topological polar surface area (TPSA) is 67.6 Å². The molecule has 0 spiro atoms. The van der Waals surface area contributed by atoms with Gasteiger partial charge in [0.15, 0.2) is 5.82 Å². The summed E-state index contributed by atoms with van der Waals surface area (Å²) in [5.41, 5.74) is 8.70. The number of aromatic amines is 1. The molecule has 0 saturated heterocycles. The number of nitrogens with two attached hydrogens (primary N) is 1. The molecule has 0 bridgehead atoms. The van der Waals surface area contributed by atoms with Gasteiger partial charge in [-0.1, -0.05) is 23.7 Å². The third-order valence-electron chi connectivity index (χ3n) is 2.91. The standard InChI is InChI=1S/C14H10ClFN4/c15-9-3-1-8(2-4-9)12-13(19-20-14(12)17)11-6-5-10(16)7-18-11/h1-7H,(H3,17,19,20). The second kappa shape index (κ2) is 4.94. The predicted octanol–water partition coefficient (Wildman–Crippen LogP) is 3.51. The van der Waals surface area contributed by atoms with Crippen molar-refractivity contribution in [2.45, 2.75) is 0 Å². The van der Waals surface area contributed by atoms with Crippen molar-refractivity contribution in [2.75, 3.05) is 5.73 Å². The van der Waals surface area contributed by atoms with Gasteiger partial charge in [0.25, 0.3) is 0 Å². The van der Waals surface area contributed by atoms with E-state index in [0.29, 0.717) is 22.2 Å². The molecule has 3 N–H and O–H groups in total. The van der Waals surface area contributed by atoms with E-state index in [1.165, 1.54) is 6.07 Å². The van der Waals surface area contributed by atoms with E-state index < -0.39 is 5.82 Å². The maximum atomic E-state index is 12.9. The fourth-order valence-electron chi connectivity index (χ4n) is 1.97. The number of nitrogens with zero attached hydrogens (tertiary/aromatic N) is 2. The molecule has 6 heteroatoms. The quantitative estimate of drug-likeness (QED) is 0.758. The Labute approximate surface area is 119 Å². The third-order valence-corrected chi connectivity index (χ3v) is 3.16. The van der Waals surface area contributed by atoms with E-state index in [9.17, 15) is 4.39 Å². The molecule has 20 heavy (non-hydrogen) atoms. The molecule has 3 aromatic rings. The smallest absolute Gasteiger partial charge is 0.153 e. The number of hydrogen-bond acceptors (Lipinski definition) is 3. The molecule has 0 aliphatic rings. The Morgan fingerprint density at radius 2 is 1.85 bits per heavy atom. The van der Waals surface area contributed by atoms with E-state index in [1.54, 1.807) is 18.2 Å². The van der Waals surface area contributed by atoms with Crippen molar-refractivity contribution < 1.29 is 4.39 Å². The van der Waals surface area contributed by atoms with Crippen LogP contribution in [0.15, 0.2) is 42.6 Å². The molecule has 100 valence electrons. The Hall–Kier alpha value is -2.40. The van der Waals surface area contributed by atoms with Crippen molar-refractivity contribution in [1.29, 1.82) is 0 Å². The average Bonchev–Trinajstić information content (AvgIpc) is 2.83. The number of aromatic nitrogens is 3. The van der Waals surface area contributed by atoms with Gasteiger partial charge in [-0.15, -0.1) is 0 Å². The molecule has 4 nitrogen and oxygen atoms in total. The SMILES string of the molecule is Nc1n[nH]c(-c2ccc(F)cn2)c1-c1ccc(Cl)cc1. The Bertz CT molecular complexity index is 735. The molecule has 2 aromatic heterocycles. The van der Waals surface area contributed by atoms with Crippen LogP contribution in [-0.2, 0) is 0 Å². The first-order chi connectivity index (χ1) is 9.65. The zero-order valence-electron chi connectivity index (χ0n) is 10.3. The lowest BCUT2D eigenvalue weighted by molar-refractivity contribution is 0.622. The number of nitrogens with one attached hydrogen (secondary N) is 1. The lowest BCUT2D eigenvalue weighted by atomic mass is 10.0. The van der Waals surface area contributed by atoms with Gasteiger partial charge in [0.05, 0.1) is 23.1 Å². The van der Waals surface area contributed by atoms with Crippen molar-refractivity contribution in [3.8, 4) is 22.5 Å². The second-order valence-electron chi connectivity index (χ2n) is 4.23. The highest BCUT2D eigenvalue weighted by atomic mass is 35.5. The monoisotopic (exact) mass is 288 g/mol. The Morgan fingerprint density at radius 3 is 2.50 bits per heavy atom. The second-order valence-corrected chi connectivity index (χ2v) is 4.66. The molecule has 0 fully saturated rings. The largest absolute Gasteiger partial charge is 0.382 e. The molecule has 0 aliphatic heterocycles. The summed E-state index contributed by atoms with van der Waals surface area (Å²) >= 11 is 5.88. The number of benzene rings is 1. The Kier molecular flexibility index (Phi) is 3.12. The first-order valence-corrected chi connectivity index (χ1v) is 6.24. The molecule has 0 atom stereocenters. The summed E-state index contributed by atoms with van der Waals surface area (Å²) in [6.45, 7) is 0. The summed E-state index contributed by atoms with van der Waals surface area (Å²) in [6, 6.07) is 10.1. The van der Waals surface area contributed by atoms with Crippen LogP contribution >= 0.6 is 11.6 Å². The van der Waals surface area contributed by atoms with Gasteiger partial charge in [0, 0.05) is 5.02 Å². The van der Waals surface area contributed by atoms with Crippen molar-refractivity contribution in [3.05, 3.63) is 53.4 Å². The highest BCUT2D eigenvalue weighted by Gasteiger charge is 2.15. The van der Waals surface area contributed by atoms with E-state index in [4.69, 9.17) is 17.3 Å². The van der Waals surface area contributed by atoms with Gasteiger partial charge < -0.3 is 5.73 Å². The summed E-state index contributed by atoms with van der Waals surface area (Å²) in [5.74, 6) is -0.0391. The van der Waals surface area contributed by atoms with Gasteiger partial charge in [-0.25, -0.2) is 4.39 Å². The predicted molar refractivity (Wildman–Crippen MR) is 76.6 cm³/mol. The molecule has 0 saturated carbocycles. The fourth-order valence-corrected chi connectivity index (χ4v) is 2.10. The minimum atomic E-state index is -0.394. The summed E-state index contributed by atoms with van der Waals surface area (Å²) in [7, 11) is 0. The van der Waals surface area contributed by atoms with E-state index in [2.05, 4.69) is 15.2 Å². The van der Waals surface area contributed by atoms with Crippen molar-refractivity contribution in [3.63, 3.8) is 0 Å². The van der Waals surface area contributed by atoms with Gasteiger partial charge in [0.2, 0.25) is 0 Å². The molecule has 0 radical (unpaired) electrons. The summed E-state index contributed by atoms with van der Waals surface area (Å²) in [4.78, 5) is 4.04. The van der Waals surface area contributed by atoms with Crippen LogP contribution < -0.4 is 5.73 Å². The number of nitrogen functional groups attached to an aromatic ring is 1. The summed E-state index contributed by atoms with van der Waals surface area (Å²) in [5, 5.41) is 7.47. The molecule has 1 aromatic carbocycles. The van der Waals surface area contributed by atoms with E-state index in [-0.39, 0.29) is 0 Å². The first-order valence-electron chi connectivity index (χ1n) is 5.87. The molecular formula is C14H10ClFN4. The maximum absolute atomic E-state index is 12.9. The van der Waals surface area contributed by atoms with Crippen LogP contribution in [0.3, 0.4) is 0 Å². The minimum absolute atomic E-state index is 0.355. The number of hydrogen-bond donors (Lipinski definition) is 2. The van der Waals surface area contributed by atoms with E-state index in [1.807, 2.05) is 12.1 Å².